The van der Waals surface area contributed by atoms with E-state index in [9.17, 15) is 4.39 Å². The van der Waals surface area contributed by atoms with Gasteiger partial charge in [-0.25, -0.2) is 4.39 Å². The molecule has 0 radical (unpaired) electrons. The van der Waals surface area contributed by atoms with Crippen LogP contribution in [0.4, 0.5) is 16.0 Å². The summed E-state index contributed by atoms with van der Waals surface area (Å²) >= 11 is 0. The van der Waals surface area contributed by atoms with Crippen LogP contribution in [-0.4, -0.2) is 9.97 Å². The number of rotatable bonds is 2. The SMILES string of the molecule is Nc1oc2c(-c3ccncc3)ncc(-c3ccc(F)cc3)c2c1N. The summed E-state index contributed by atoms with van der Waals surface area (Å²) in [5.74, 6) is -0.173. The Balaban J connectivity index is 2.03. The Morgan fingerprint density at radius 1 is 0.917 bits per heavy atom. The third-order valence-corrected chi connectivity index (χ3v) is 3.89. The molecule has 24 heavy (non-hydrogen) atoms. The number of nitrogen functional groups attached to an aromatic ring is 2. The Labute approximate surface area is 136 Å². The minimum absolute atomic E-state index is 0.136. The number of fused-ring (bicyclic) bond motifs is 1. The Bertz CT molecular complexity index is 1030. The second-order valence-corrected chi connectivity index (χ2v) is 5.35. The molecule has 6 heteroatoms. The number of hydrogen-bond acceptors (Lipinski definition) is 5. The van der Waals surface area contributed by atoms with Crippen molar-refractivity contribution in [3.05, 3.63) is 60.8 Å². The van der Waals surface area contributed by atoms with E-state index in [-0.39, 0.29) is 11.7 Å². The van der Waals surface area contributed by atoms with Gasteiger partial charge in [0.1, 0.15) is 17.2 Å². The van der Waals surface area contributed by atoms with Crippen molar-refractivity contribution in [2.75, 3.05) is 11.5 Å². The number of nitrogens with two attached hydrogens (primary N) is 2. The second-order valence-electron chi connectivity index (χ2n) is 5.35. The summed E-state index contributed by atoms with van der Waals surface area (Å²) in [4.78, 5) is 8.51. The maximum atomic E-state index is 13.2. The van der Waals surface area contributed by atoms with E-state index in [4.69, 9.17) is 15.9 Å². The van der Waals surface area contributed by atoms with Crippen molar-refractivity contribution in [2.45, 2.75) is 0 Å². The maximum absolute atomic E-state index is 13.2. The van der Waals surface area contributed by atoms with Crippen molar-refractivity contribution in [3.63, 3.8) is 0 Å². The highest BCUT2D eigenvalue weighted by molar-refractivity contribution is 6.09. The van der Waals surface area contributed by atoms with Gasteiger partial charge in [0.05, 0.1) is 5.39 Å². The van der Waals surface area contributed by atoms with Crippen LogP contribution in [0, 0.1) is 5.82 Å². The Morgan fingerprint density at radius 2 is 1.62 bits per heavy atom. The quantitative estimate of drug-likeness (QED) is 0.585. The molecule has 0 unspecified atom stereocenters. The van der Waals surface area contributed by atoms with Gasteiger partial charge >= 0.3 is 0 Å². The lowest BCUT2D eigenvalue weighted by Crippen LogP contribution is -1.92. The number of pyridine rings is 2. The zero-order valence-electron chi connectivity index (χ0n) is 12.5. The molecular weight excluding hydrogens is 307 g/mol. The third kappa shape index (κ3) is 2.16. The van der Waals surface area contributed by atoms with Gasteiger partial charge in [-0.2, -0.15) is 0 Å². The van der Waals surface area contributed by atoms with E-state index in [2.05, 4.69) is 9.97 Å². The fourth-order valence-electron chi connectivity index (χ4n) is 2.71. The molecule has 0 aliphatic heterocycles. The number of aromatic nitrogens is 2. The molecule has 0 amide bonds. The topological polar surface area (TPSA) is 91.0 Å². The van der Waals surface area contributed by atoms with Gasteiger partial charge < -0.3 is 15.9 Å². The minimum Gasteiger partial charge on any atom is -0.436 e. The molecule has 0 saturated heterocycles. The highest BCUT2D eigenvalue weighted by atomic mass is 19.1. The molecule has 1 aromatic carbocycles. The van der Waals surface area contributed by atoms with Gasteiger partial charge in [0.2, 0.25) is 5.88 Å². The van der Waals surface area contributed by atoms with Crippen molar-refractivity contribution >= 4 is 22.5 Å². The smallest absolute Gasteiger partial charge is 0.215 e. The summed E-state index contributed by atoms with van der Waals surface area (Å²) in [7, 11) is 0. The lowest BCUT2D eigenvalue weighted by Gasteiger charge is -2.07. The van der Waals surface area contributed by atoms with E-state index in [1.54, 1.807) is 30.7 Å². The van der Waals surface area contributed by atoms with Crippen molar-refractivity contribution in [1.82, 2.24) is 9.97 Å². The highest BCUT2D eigenvalue weighted by Gasteiger charge is 2.19. The normalized spacial score (nSPS) is 11.0. The van der Waals surface area contributed by atoms with E-state index >= 15 is 0 Å². The van der Waals surface area contributed by atoms with Gasteiger partial charge in [-0.3, -0.25) is 9.97 Å². The van der Waals surface area contributed by atoms with Crippen LogP contribution >= 0.6 is 0 Å². The number of hydrogen-bond donors (Lipinski definition) is 2. The lowest BCUT2D eigenvalue weighted by atomic mass is 10.0. The first-order valence-corrected chi connectivity index (χ1v) is 7.28. The molecule has 0 atom stereocenters. The summed E-state index contributed by atoms with van der Waals surface area (Å²) in [5.41, 5.74) is 15.8. The van der Waals surface area contributed by atoms with Crippen LogP contribution in [0.1, 0.15) is 0 Å². The van der Waals surface area contributed by atoms with Crippen LogP contribution in [0.5, 0.6) is 0 Å². The molecule has 4 N–H and O–H groups in total. The molecule has 4 aromatic rings. The molecule has 5 nitrogen and oxygen atoms in total. The zero-order valence-corrected chi connectivity index (χ0v) is 12.5. The molecule has 3 aromatic heterocycles. The predicted molar refractivity (Wildman–Crippen MR) is 91.5 cm³/mol. The largest absolute Gasteiger partial charge is 0.436 e. The van der Waals surface area contributed by atoms with Crippen LogP contribution in [0.25, 0.3) is 33.4 Å². The van der Waals surface area contributed by atoms with Crippen LogP contribution in [0.2, 0.25) is 0 Å². The molecule has 0 aliphatic rings. The van der Waals surface area contributed by atoms with E-state index in [0.717, 1.165) is 16.7 Å². The summed E-state index contributed by atoms with van der Waals surface area (Å²) < 4.78 is 18.9. The molecule has 0 aliphatic carbocycles. The minimum atomic E-state index is -0.309. The molecule has 4 rings (SSSR count). The average Bonchev–Trinajstić information content (AvgIpc) is 2.91. The summed E-state index contributed by atoms with van der Waals surface area (Å²) in [6.45, 7) is 0. The first kappa shape index (κ1) is 14.2. The van der Waals surface area contributed by atoms with Crippen molar-refractivity contribution < 1.29 is 8.81 Å². The van der Waals surface area contributed by atoms with E-state index in [1.165, 1.54) is 12.1 Å². The third-order valence-electron chi connectivity index (χ3n) is 3.89. The van der Waals surface area contributed by atoms with Crippen molar-refractivity contribution in [3.8, 4) is 22.4 Å². The van der Waals surface area contributed by atoms with Gasteiger partial charge in [0.15, 0.2) is 5.58 Å². The predicted octanol–water partition coefficient (Wildman–Crippen LogP) is 3.86. The van der Waals surface area contributed by atoms with E-state index in [0.29, 0.717) is 22.4 Å². The maximum Gasteiger partial charge on any atom is 0.215 e. The number of anilines is 2. The summed E-state index contributed by atoms with van der Waals surface area (Å²) in [6, 6.07) is 9.76. The average molecular weight is 320 g/mol. The van der Waals surface area contributed by atoms with Crippen LogP contribution in [0.3, 0.4) is 0 Å². The monoisotopic (exact) mass is 320 g/mol. The van der Waals surface area contributed by atoms with Crippen LogP contribution in [-0.2, 0) is 0 Å². The van der Waals surface area contributed by atoms with Crippen molar-refractivity contribution in [1.29, 1.82) is 0 Å². The van der Waals surface area contributed by atoms with Crippen LogP contribution in [0.15, 0.2) is 59.4 Å². The van der Waals surface area contributed by atoms with Gasteiger partial charge in [0.25, 0.3) is 0 Å². The molecule has 3 heterocycles. The van der Waals surface area contributed by atoms with E-state index in [1.807, 2.05) is 12.1 Å². The second kappa shape index (κ2) is 5.34. The van der Waals surface area contributed by atoms with Gasteiger partial charge in [-0.05, 0) is 29.8 Å². The fourth-order valence-corrected chi connectivity index (χ4v) is 2.71. The molecule has 0 saturated carbocycles. The first-order valence-electron chi connectivity index (χ1n) is 7.28. The number of halogens is 1. The number of nitrogens with zero attached hydrogens (tertiary/aromatic N) is 2. The summed E-state index contributed by atoms with van der Waals surface area (Å²) in [6.07, 6.45) is 5.04. The molecule has 0 bridgehead atoms. The molecular formula is C18H13FN4O. The van der Waals surface area contributed by atoms with Gasteiger partial charge in [-0.15, -0.1) is 0 Å². The molecule has 118 valence electrons. The standard InChI is InChI=1S/C18H13FN4O/c19-12-3-1-10(2-4-12)13-9-23-16(11-5-7-22-8-6-11)17-14(13)15(20)18(21)24-17/h1-9H,20-21H2. The Hall–Kier alpha value is -3.41. The first-order chi connectivity index (χ1) is 11.6. The fraction of sp³-hybridized carbons (Fsp3) is 0. The van der Waals surface area contributed by atoms with Gasteiger partial charge in [0, 0.05) is 29.7 Å². The highest BCUT2D eigenvalue weighted by Crippen LogP contribution is 2.41. The van der Waals surface area contributed by atoms with E-state index < -0.39 is 0 Å². The lowest BCUT2D eigenvalue weighted by molar-refractivity contribution is 0.628. The zero-order chi connectivity index (χ0) is 16.7. The van der Waals surface area contributed by atoms with Crippen LogP contribution < -0.4 is 11.5 Å². The van der Waals surface area contributed by atoms with Crippen molar-refractivity contribution in [2.24, 2.45) is 0 Å². The Kier molecular flexibility index (Phi) is 3.16. The Morgan fingerprint density at radius 3 is 2.33 bits per heavy atom. The molecule has 0 fully saturated rings. The number of furan rings is 1. The molecule has 0 spiro atoms. The van der Waals surface area contributed by atoms with Gasteiger partial charge in [-0.1, -0.05) is 12.1 Å². The number of benzene rings is 1. The summed E-state index contributed by atoms with van der Waals surface area (Å²) in [5, 5.41) is 0.668.